The molecular formula is C25H23Cl2N3O3S. The van der Waals surface area contributed by atoms with Gasteiger partial charge < -0.3 is 9.64 Å². The van der Waals surface area contributed by atoms with E-state index >= 15 is 0 Å². The molecule has 0 radical (unpaired) electrons. The molecule has 0 fully saturated rings. The van der Waals surface area contributed by atoms with Crippen LogP contribution in [0.3, 0.4) is 0 Å². The Labute approximate surface area is 211 Å². The third kappa shape index (κ3) is 4.56. The third-order valence-corrected chi connectivity index (χ3v) is 7.04. The van der Waals surface area contributed by atoms with E-state index in [1.165, 1.54) is 11.3 Å². The van der Waals surface area contributed by atoms with Crippen molar-refractivity contribution in [1.82, 2.24) is 4.57 Å². The highest BCUT2D eigenvalue weighted by Gasteiger charge is 2.33. The van der Waals surface area contributed by atoms with Crippen molar-refractivity contribution in [2.45, 2.75) is 19.9 Å². The van der Waals surface area contributed by atoms with Gasteiger partial charge in [0, 0.05) is 29.8 Å². The summed E-state index contributed by atoms with van der Waals surface area (Å²) in [4.78, 5) is 33.7. The summed E-state index contributed by atoms with van der Waals surface area (Å²) in [6.07, 6.45) is 1.72. The molecule has 0 bridgehead atoms. The van der Waals surface area contributed by atoms with Crippen molar-refractivity contribution in [2.24, 2.45) is 4.99 Å². The fraction of sp³-hybridized carbons (Fsp3) is 0.240. The van der Waals surface area contributed by atoms with E-state index in [0.29, 0.717) is 36.2 Å². The molecule has 6 nitrogen and oxygen atoms in total. The van der Waals surface area contributed by atoms with Crippen molar-refractivity contribution in [3.05, 3.63) is 94.6 Å². The molecule has 1 aliphatic rings. The van der Waals surface area contributed by atoms with Gasteiger partial charge in [0.05, 0.1) is 28.5 Å². The van der Waals surface area contributed by atoms with E-state index < -0.39 is 12.0 Å². The number of benzene rings is 2. The Morgan fingerprint density at radius 3 is 2.53 bits per heavy atom. The summed E-state index contributed by atoms with van der Waals surface area (Å²) in [5.74, 6) is -0.486. The Morgan fingerprint density at radius 1 is 1.21 bits per heavy atom. The summed E-state index contributed by atoms with van der Waals surface area (Å²) in [6, 6.07) is 12.2. The van der Waals surface area contributed by atoms with Gasteiger partial charge in [-0.25, -0.2) is 9.79 Å². The highest BCUT2D eigenvalue weighted by Crippen LogP contribution is 2.31. The highest BCUT2D eigenvalue weighted by atomic mass is 35.5. The van der Waals surface area contributed by atoms with Crippen LogP contribution in [0, 0.1) is 0 Å². The van der Waals surface area contributed by atoms with Gasteiger partial charge in [0.1, 0.15) is 0 Å². The van der Waals surface area contributed by atoms with E-state index in [1.807, 2.05) is 43.3 Å². The molecule has 9 heteroatoms. The van der Waals surface area contributed by atoms with E-state index in [1.54, 1.807) is 42.7 Å². The average molecular weight is 516 g/mol. The lowest BCUT2D eigenvalue weighted by Crippen LogP contribution is -2.39. The van der Waals surface area contributed by atoms with Crippen molar-refractivity contribution in [1.29, 1.82) is 0 Å². The van der Waals surface area contributed by atoms with Crippen molar-refractivity contribution < 1.29 is 9.53 Å². The van der Waals surface area contributed by atoms with Crippen molar-refractivity contribution in [2.75, 3.05) is 25.6 Å². The quantitative estimate of drug-likeness (QED) is 0.478. The molecule has 1 atom stereocenters. The van der Waals surface area contributed by atoms with Crippen LogP contribution in [0.4, 0.5) is 5.69 Å². The molecule has 4 rings (SSSR count). The molecule has 1 aromatic heterocycles. The number of thiazole rings is 1. The summed E-state index contributed by atoms with van der Waals surface area (Å²) in [7, 11) is 3.90. The molecule has 3 aromatic rings. The molecular weight excluding hydrogens is 493 g/mol. The van der Waals surface area contributed by atoms with Crippen LogP contribution >= 0.6 is 34.5 Å². The topological polar surface area (TPSA) is 63.9 Å². The Balaban J connectivity index is 1.94. The van der Waals surface area contributed by atoms with Crippen LogP contribution in [-0.2, 0) is 9.53 Å². The Hall–Kier alpha value is -2.87. The van der Waals surface area contributed by atoms with Gasteiger partial charge in [-0.1, -0.05) is 52.7 Å². The van der Waals surface area contributed by atoms with Gasteiger partial charge >= 0.3 is 5.97 Å². The maximum atomic E-state index is 13.6. The molecule has 2 aromatic carbocycles. The lowest BCUT2D eigenvalue weighted by molar-refractivity contribution is -0.139. The lowest BCUT2D eigenvalue weighted by atomic mass is 9.95. The van der Waals surface area contributed by atoms with Gasteiger partial charge in [-0.2, -0.15) is 0 Å². The highest BCUT2D eigenvalue weighted by molar-refractivity contribution is 7.07. The van der Waals surface area contributed by atoms with Gasteiger partial charge in [-0.15, -0.1) is 0 Å². The number of halogens is 2. The van der Waals surface area contributed by atoms with Crippen molar-refractivity contribution in [3.63, 3.8) is 0 Å². The fourth-order valence-corrected chi connectivity index (χ4v) is 5.32. The molecule has 0 amide bonds. The number of hydrogen-bond acceptors (Lipinski definition) is 6. The number of carbonyl (C=O) groups excluding carboxylic acids is 1. The van der Waals surface area contributed by atoms with Crippen LogP contribution in [0.25, 0.3) is 6.08 Å². The SMILES string of the molecule is CCOC(=O)C1=C(C)N=c2s/c(=C\c3ccc(Cl)cc3Cl)c(=O)n2[C@@H]1c1ccc(N(C)C)cc1. The summed E-state index contributed by atoms with van der Waals surface area (Å²) in [6.45, 7) is 3.74. The molecule has 1 aliphatic heterocycles. The smallest absolute Gasteiger partial charge is 0.338 e. The lowest BCUT2D eigenvalue weighted by Gasteiger charge is -2.25. The second-order valence-corrected chi connectivity index (χ2v) is 9.81. The minimum Gasteiger partial charge on any atom is -0.463 e. The standard InChI is InChI=1S/C25H23Cl2N3O3S/c1-5-33-24(32)21-14(2)28-25-30(22(21)15-7-10-18(11-8-15)29(3)4)23(31)20(34-25)12-16-6-9-17(26)13-19(16)27/h6-13,22H,5H2,1-4H3/b20-12-/t22-/m1/s1. The van der Waals surface area contributed by atoms with Crippen molar-refractivity contribution >= 4 is 52.3 Å². The van der Waals surface area contributed by atoms with Crippen LogP contribution in [0.15, 0.2) is 63.5 Å². The number of nitrogens with zero attached hydrogens (tertiary/aromatic N) is 3. The number of allylic oxidation sites excluding steroid dienone is 1. The Bertz CT molecular complexity index is 1470. The molecule has 0 saturated carbocycles. The minimum atomic E-state index is -0.658. The number of rotatable bonds is 5. The predicted octanol–water partition coefficient (Wildman–Crippen LogP) is 4.17. The maximum Gasteiger partial charge on any atom is 0.338 e. The predicted molar refractivity (Wildman–Crippen MR) is 138 cm³/mol. The van der Waals surface area contributed by atoms with Crippen LogP contribution in [0.5, 0.6) is 0 Å². The number of carbonyl (C=O) groups is 1. The van der Waals surface area contributed by atoms with Crippen LogP contribution in [0.1, 0.15) is 31.0 Å². The minimum absolute atomic E-state index is 0.224. The molecule has 34 heavy (non-hydrogen) atoms. The number of anilines is 1. The van der Waals surface area contributed by atoms with Crippen molar-refractivity contribution in [3.8, 4) is 0 Å². The van der Waals surface area contributed by atoms with E-state index in [-0.39, 0.29) is 12.2 Å². The first kappa shape index (κ1) is 24.3. The van der Waals surface area contributed by atoms with Crippen LogP contribution < -0.4 is 19.8 Å². The first-order chi connectivity index (χ1) is 16.2. The van der Waals surface area contributed by atoms with E-state index in [4.69, 9.17) is 27.9 Å². The van der Waals surface area contributed by atoms with Gasteiger partial charge in [-0.3, -0.25) is 9.36 Å². The maximum absolute atomic E-state index is 13.6. The van der Waals surface area contributed by atoms with E-state index in [0.717, 1.165) is 11.3 Å². The third-order valence-electron chi connectivity index (χ3n) is 5.49. The summed E-state index contributed by atoms with van der Waals surface area (Å²) >= 11 is 13.6. The zero-order valence-corrected chi connectivity index (χ0v) is 21.5. The number of hydrogen-bond donors (Lipinski definition) is 0. The molecule has 176 valence electrons. The molecule has 0 unspecified atom stereocenters. The molecule has 0 aliphatic carbocycles. The first-order valence-corrected chi connectivity index (χ1v) is 12.2. The van der Waals surface area contributed by atoms with E-state index in [9.17, 15) is 9.59 Å². The number of fused-ring (bicyclic) bond motifs is 1. The molecule has 0 N–H and O–H groups in total. The van der Waals surface area contributed by atoms with Gasteiger partial charge in [-0.05, 0) is 55.3 Å². The molecule has 0 saturated heterocycles. The Kier molecular flexibility index (Phi) is 6.98. The van der Waals surface area contributed by atoms with Gasteiger partial charge in [0.2, 0.25) is 0 Å². The first-order valence-electron chi connectivity index (χ1n) is 10.6. The van der Waals surface area contributed by atoms with E-state index in [2.05, 4.69) is 4.99 Å². The summed E-state index contributed by atoms with van der Waals surface area (Å²) < 4.78 is 7.35. The summed E-state index contributed by atoms with van der Waals surface area (Å²) in [5.41, 5.74) is 3.09. The Morgan fingerprint density at radius 2 is 1.91 bits per heavy atom. The second-order valence-electron chi connectivity index (χ2n) is 7.95. The van der Waals surface area contributed by atoms with Gasteiger partial charge in [0.15, 0.2) is 4.80 Å². The normalized spacial score (nSPS) is 15.7. The average Bonchev–Trinajstić information content (AvgIpc) is 3.09. The van der Waals surface area contributed by atoms with Crippen LogP contribution in [-0.4, -0.2) is 31.2 Å². The molecule has 2 heterocycles. The largest absolute Gasteiger partial charge is 0.463 e. The zero-order valence-electron chi connectivity index (χ0n) is 19.1. The number of aromatic nitrogens is 1. The monoisotopic (exact) mass is 515 g/mol. The summed E-state index contributed by atoms with van der Waals surface area (Å²) in [5, 5.41) is 0.956. The second kappa shape index (κ2) is 9.78. The molecule has 0 spiro atoms. The number of esters is 1. The van der Waals surface area contributed by atoms with Crippen LogP contribution in [0.2, 0.25) is 10.0 Å². The van der Waals surface area contributed by atoms with Gasteiger partial charge in [0.25, 0.3) is 5.56 Å². The zero-order chi connectivity index (χ0) is 24.6. The number of ether oxygens (including phenoxy) is 1. The fourth-order valence-electron chi connectivity index (χ4n) is 3.82.